The molecule has 92 valence electrons. The van der Waals surface area contributed by atoms with E-state index in [1.54, 1.807) is 6.92 Å². The van der Waals surface area contributed by atoms with Crippen molar-refractivity contribution in [3.63, 3.8) is 0 Å². The van der Waals surface area contributed by atoms with Crippen molar-refractivity contribution in [1.82, 2.24) is 6.15 Å². The van der Waals surface area contributed by atoms with Gasteiger partial charge in [0.2, 0.25) is 0 Å². The highest BCUT2D eigenvalue weighted by atomic mass is 16.4. The largest absolute Gasteiger partial charge is 0.481 e. The third-order valence-corrected chi connectivity index (χ3v) is 1.28. The minimum Gasteiger partial charge on any atom is -0.481 e. The van der Waals surface area contributed by atoms with E-state index in [9.17, 15) is 9.59 Å². The highest BCUT2D eigenvalue weighted by molar-refractivity contribution is 5.67. The Morgan fingerprint density at radius 3 is 1.40 bits per heavy atom. The molecule has 0 aliphatic heterocycles. The van der Waals surface area contributed by atoms with Crippen LogP contribution in [0.3, 0.4) is 0 Å². The summed E-state index contributed by atoms with van der Waals surface area (Å²) < 4.78 is 0. The summed E-state index contributed by atoms with van der Waals surface area (Å²) in [5.41, 5.74) is 0. The Balaban J connectivity index is -0.000000320. The topological polar surface area (TPSA) is 130 Å². The van der Waals surface area contributed by atoms with E-state index in [1.165, 1.54) is 0 Å². The van der Waals surface area contributed by atoms with Crippen molar-refractivity contribution in [2.45, 2.75) is 39.0 Å². The van der Waals surface area contributed by atoms with Crippen LogP contribution >= 0.6 is 0 Å². The van der Waals surface area contributed by atoms with E-state index in [0.29, 0.717) is 19.3 Å². The fourth-order valence-electron chi connectivity index (χ4n) is 0.729. The summed E-state index contributed by atoms with van der Waals surface area (Å²) in [6.07, 6.45) is 2.10. The van der Waals surface area contributed by atoms with Gasteiger partial charge < -0.3 is 21.5 Å². The summed E-state index contributed by atoms with van der Waals surface area (Å²) in [6, 6.07) is 0. The summed E-state index contributed by atoms with van der Waals surface area (Å²) in [7, 11) is 0. The molecular weight excluding hydrogens is 202 g/mol. The van der Waals surface area contributed by atoms with Gasteiger partial charge in [-0.2, -0.15) is 0 Å². The fourth-order valence-corrected chi connectivity index (χ4v) is 0.729. The third kappa shape index (κ3) is 32.2. The summed E-state index contributed by atoms with van der Waals surface area (Å²) in [5.74, 6) is -1.64. The number of hydrogen-bond donors (Lipinski definition) is 4. The summed E-state index contributed by atoms with van der Waals surface area (Å²) in [5, 5.41) is 24.0. The normalized spacial score (nSPS) is 8.13. The Bertz CT molecular complexity index is 145. The number of unbranched alkanes of at least 4 members (excludes halogenated alkanes) is 2. The molecule has 0 bridgehead atoms. The first-order valence-corrected chi connectivity index (χ1v) is 4.59. The van der Waals surface area contributed by atoms with Crippen molar-refractivity contribution in [3.05, 3.63) is 0 Å². The van der Waals surface area contributed by atoms with Gasteiger partial charge in [-0.05, 0) is 19.8 Å². The van der Waals surface area contributed by atoms with Crippen molar-refractivity contribution in [2.75, 3.05) is 6.61 Å². The Morgan fingerprint density at radius 2 is 1.20 bits per heavy atom. The molecule has 0 aromatic rings. The van der Waals surface area contributed by atoms with Crippen LogP contribution in [0.25, 0.3) is 0 Å². The van der Waals surface area contributed by atoms with E-state index in [2.05, 4.69) is 0 Å². The zero-order valence-corrected chi connectivity index (χ0v) is 9.11. The fraction of sp³-hybridized carbons (Fsp3) is 0.778. The number of rotatable bonds is 6. The van der Waals surface area contributed by atoms with Gasteiger partial charge >= 0.3 is 11.9 Å². The molecule has 0 aliphatic carbocycles. The van der Waals surface area contributed by atoms with E-state index in [-0.39, 0.29) is 25.6 Å². The molecule has 0 saturated carbocycles. The molecule has 6 heteroatoms. The SMILES string of the molecule is CCO.N.O=C(O)CCCCCC(=O)O. The van der Waals surface area contributed by atoms with E-state index < -0.39 is 11.9 Å². The first-order valence-electron chi connectivity index (χ1n) is 4.59. The molecule has 0 fully saturated rings. The second-order valence-corrected chi connectivity index (χ2v) is 2.66. The van der Waals surface area contributed by atoms with E-state index in [4.69, 9.17) is 15.3 Å². The lowest BCUT2D eigenvalue weighted by Crippen LogP contribution is -1.96. The van der Waals surface area contributed by atoms with Gasteiger partial charge in [-0.1, -0.05) is 6.42 Å². The molecule has 0 unspecified atom stereocenters. The lowest BCUT2D eigenvalue weighted by molar-refractivity contribution is -0.137. The van der Waals surface area contributed by atoms with Crippen LogP contribution in [0.5, 0.6) is 0 Å². The molecular formula is C9H21NO5. The second-order valence-electron chi connectivity index (χ2n) is 2.66. The molecule has 0 spiro atoms. The van der Waals surface area contributed by atoms with Gasteiger partial charge in [0.1, 0.15) is 0 Å². The molecule has 0 heterocycles. The quantitative estimate of drug-likeness (QED) is 0.501. The smallest absolute Gasteiger partial charge is 0.303 e. The monoisotopic (exact) mass is 223 g/mol. The molecule has 0 amide bonds. The number of carbonyl (C=O) groups is 2. The first-order chi connectivity index (χ1) is 6.54. The molecule has 15 heavy (non-hydrogen) atoms. The molecule has 6 N–H and O–H groups in total. The minimum atomic E-state index is -0.819. The minimum absolute atomic E-state index is 0. The van der Waals surface area contributed by atoms with Crippen LogP contribution in [0.1, 0.15) is 39.0 Å². The lowest BCUT2D eigenvalue weighted by Gasteiger charge is -1.94. The van der Waals surface area contributed by atoms with E-state index >= 15 is 0 Å². The molecule has 0 rings (SSSR count). The second kappa shape index (κ2) is 15.3. The highest BCUT2D eigenvalue weighted by Crippen LogP contribution is 2.02. The number of aliphatic hydroxyl groups is 1. The van der Waals surface area contributed by atoms with Crippen molar-refractivity contribution in [3.8, 4) is 0 Å². The third-order valence-electron chi connectivity index (χ3n) is 1.28. The van der Waals surface area contributed by atoms with Crippen LogP contribution in [-0.2, 0) is 9.59 Å². The lowest BCUT2D eigenvalue weighted by atomic mass is 10.1. The van der Waals surface area contributed by atoms with Gasteiger partial charge in [0.15, 0.2) is 0 Å². The molecule has 0 radical (unpaired) electrons. The van der Waals surface area contributed by atoms with Crippen molar-refractivity contribution in [2.24, 2.45) is 0 Å². The van der Waals surface area contributed by atoms with Gasteiger partial charge in [0, 0.05) is 19.4 Å². The summed E-state index contributed by atoms with van der Waals surface area (Å²) in [6.45, 7) is 1.93. The maximum absolute atomic E-state index is 9.98. The molecule has 0 atom stereocenters. The van der Waals surface area contributed by atoms with Crippen LogP contribution in [0.4, 0.5) is 0 Å². The molecule has 6 nitrogen and oxygen atoms in total. The van der Waals surface area contributed by atoms with Crippen LogP contribution in [0.2, 0.25) is 0 Å². The number of carboxylic acids is 2. The summed E-state index contributed by atoms with van der Waals surface area (Å²) >= 11 is 0. The van der Waals surface area contributed by atoms with Gasteiger partial charge in [0.25, 0.3) is 0 Å². The molecule has 0 aromatic carbocycles. The molecule has 0 aliphatic rings. The standard InChI is InChI=1S/C7H12O4.C2H6O.H3N/c8-6(9)4-2-1-3-5-7(10)11;1-2-3;/h1-5H2,(H,8,9)(H,10,11);3H,2H2,1H3;1H3. The average Bonchev–Trinajstić information content (AvgIpc) is 2.04. The zero-order valence-electron chi connectivity index (χ0n) is 9.11. The molecule has 0 aromatic heterocycles. The van der Waals surface area contributed by atoms with Crippen molar-refractivity contribution >= 4 is 11.9 Å². The van der Waals surface area contributed by atoms with Crippen LogP contribution in [-0.4, -0.2) is 33.9 Å². The number of hydrogen-bond acceptors (Lipinski definition) is 4. The van der Waals surface area contributed by atoms with Gasteiger partial charge in [-0.3, -0.25) is 9.59 Å². The Labute approximate surface area is 89.5 Å². The highest BCUT2D eigenvalue weighted by Gasteiger charge is 1.98. The van der Waals surface area contributed by atoms with Gasteiger partial charge in [0.05, 0.1) is 0 Å². The predicted octanol–water partition coefficient (Wildman–Crippen LogP) is 1.27. The van der Waals surface area contributed by atoms with Gasteiger partial charge in [-0.15, -0.1) is 0 Å². The predicted molar refractivity (Wildman–Crippen MR) is 56.1 cm³/mol. The summed E-state index contributed by atoms with van der Waals surface area (Å²) in [4.78, 5) is 20.0. The maximum Gasteiger partial charge on any atom is 0.303 e. The molecule has 0 saturated heterocycles. The van der Waals surface area contributed by atoms with E-state index in [0.717, 1.165) is 0 Å². The maximum atomic E-state index is 9.98. The average molecular weight is 223 g/mol. The Kier molecular flexibility index (Phi) is 19.9. The van der Waals surface area contributed by atoms with Crippen LogP contribution in [0.15, 0.2) is 0 Å². The van der Waals surface area contributed by atoms with Crippen molar-refractivity contribution in [1.29, 1.82) is 0 Å². The van der Waals surface area contributed by atoms with Crippen molar-refractivity contribution < 1.29 is 24.9 Å². The number of carboxylic acid groups (broad SMARTS) is 2. The Hall–Kier alpha value is -1.14. The van der Waals surface area contributed by atoms with E-state index in [1.807, 2.05) is 0 Å². The number of aliphatic hydroxyl groups excluding tert-OH is 1. The zero-order chi connectivity index (χ0) is 11.4. The first kappa shape index (κ1) is 19.4. The van der Waals surface area contributed by atoms with Crippen LogP contribution in [0, 0.1) is 0 Å². The Morgan fingerprint density at radius 1 is 0.933 bits per heavy atom. The van der Waals surface area contributed by atoms with Crippen LogP contribution < -0.4 is 6.15 Å². The van der Waals surface area contributed by atoms with Gasteiger partial charge in [-0.25, -0.2) is 0 Å². The number of aliphatic carboxylic acids is 2.